The van der Waals surface area contributed by atoms with Gasteiger partial charge in [0.15, 0.2) is 0 Å². The highest BCUT2D eigenvalue weighted by atomic mass is 14.4. The Morgan fingerprint density at radius 1 is 1.29 bits per heavy atom. The summed E-state index contributed by atoms with van der Waals surface area (Å²) in [5.74, 6) is 0. The third-order valence-corrected chi connectivity index (χ3v) is 2.98. The van der Waals surface area contributed by atoms with Crippen molar-refractivity contribution in [3.8, 4) is 6.07 Å². The van der Waals surface area contributed by atoms with E-state index in [1.165, 1.54) is 11.1 Å². The summed E-state index contributed by atoms with van der Waals surface area (Å²) in [4.78, 5) is 0. The third kappa shape index (κ3) is 1.33. The van der Waals surface area contributed by atoms with Gasteiger partial charge in [-0.3, -0.25) is 0 Å². The highest BCUT2D eigenvalue weighted by molar-refractivity contribution is 5.36. The summed E-state index contributed by atoms with van der Waals surface area (Å²) in [6.07, 6.45) is 2.56. The van der Waals surface area contributed by atoms with Crippen LogP contribution in [0.3, 0.4) is 0 Å². The molecule has 0 aliphatic heterocycles. The lowest BCUT2D eigenvalue weighted by Crippen LogP contribution is -2.35. The van der Waals surface area contributed by atoms with Gasteiger partial charge in [0.2, 0.25) is 0 Å². The first-order chi connectivity index (χ1) is 6.77. The molecule has 0 amide bonds. The second kappa shape index (κ2) is 3.31. The van der Waals surface area contributed by atoms with E-state index in [9.17, 15) is 0 Å². The summed E-state index contributed by atoms with van der Waals surface area (Å²) in [6.45, 7) is 3.95. The molecule has 0 N–H and O–H groups in total. The van der Waals surface area contributed by atoms with Crippen LogP contribution in [0.15, 0.2) is 42.5 Å². The number of nitriles is 1. The smallest absolute Gasteiger partial charge is 0.0631 e. The minimum atomic E-state index is 0.0765. The summed E-state index contributed by atoms with van der Waals surface area (Å²) in [7, 11) is 0. The Morgan fingerprint density at radius 3 is 2.43 bits per heavy atom. The predicted octanol–water partition coefficient (Wildman–Crippen LogP) is 3.19. The van der Waals surface area contributed by atoms with Crippen molar-refractivity contribution in [1.29, 1.82) is 5.26 Å². The molecule has 0 heterocycles. The Labute approximate surface area is 84.7 Å². The highest BCUT2D eigenvalue weighted by Crippen LogP contribution is 2.48. The molecule has 0 atom stereocenters. The van der Waals surface area contributed by atoms with Gasteiger partial charge in [0, 0.05) is 11.8 Å². The Balaban J connectivity index is 2.30. The van der Waals surface area contributed by atoms with Gasteiger partial charge >= 0.3 is 0 Å². The van der Waals surface area contributed by atoms with Crippen molar-refractivity contribution < 1.29 is 0 Å². The molecule has 0 unspecified atom stereocenters. The number of hydrogen-bond acceptors (Lipinski definition) is 1. The first-order valence-electron chi connectivity index (χ1n) is 4.86. The second-order valence-electron chi connectivity index (χ2n) is 4.08. The fraction of sp³-hybridized carbons (Fsp3) is 0.308. The Kier molecular flexibility index (Phi) is 2.13. The van der Waals surface area contributed by atoms with Gasteiger partial charge in [-0.05, 0) is 18.4 Å². The Hall–Kier alpha value is -1.55. The average molecular weight is 183 g/mol. The molecule has 1 aliphatic rings. The normalized spacial score (nSPS) is 18.4. The predicted molar refractivity (Wildman–Crippen MR) is 56.7 cm³/mol. The zero-order chi connectivity index (χ0) is 10.0. The summed E-state index contributed by atoms with van der Waals surface area (Å²) in [5, 5.41) is 8.83. The van der Waals surface area contributed by atoms with Gasteiger partial charge in [-0.15, -0.1) is 0 Å². The van der Waals surface area contributed by atoms with Crippen molar-refractivity contribution in [2.75, 3.05) is 0 Å². The molecule has 0 aromatic heterocycles. The number of benzene rings is 1. The van der Waals surface area contributed by atoms with Gasteiger partial charge in [-0.2, -0.15) is 5.26 Å². The van der Waals surface area contributed by atoms with Crippen molar-refractivity contribution in [1.82, 2.24) is 0 Å². The van der Waals surface area contributed by atoms with E-state index in [4.69, 9.17) is 5.26 Å². The van der Waals surface area contributed by atoms with Crippen LogP contribution < -0.4 is 0 Å². The topological polar surface area (TPSA) is 23.8 Å². The monoisotopic (exact) mass is 183 g/mol. The standard InChI is InChI=1S/C13H13N/c1-11-9-13(10-11,7-8-14)12-5-3-2-4-6-12/h2-6H,1,7,9-10H2. The Bertz CT molecular complexity index is 375. The van der Waals surface area contributed by atoms with Crippen molar-refractivity contribution in [3.05, 3.63) is 48.0 Å². The Morgan fingerprint density at radius 2 is 1.93 bits per heavy atom. The molecule has 0 saturated heterocycles. The molecule has 1 aromatic rings. The lowest BCUT2D eigenvalue weighted by Gasteiger charge is -2.42. The van der Waals surface area contributed by atoms with Crippen LogP contribution in [0.1, 0.15) is 24.8 Å². The third-order valence-electron chi connectivity index (χ3n) is 2.98. The van der Waals surface area contributed by atoms with Crippen molar-refractivity contribution in [2.24, 2.45) is 0 Å². The van der Waals surface area contributed by atoms with Crippen LogP contribution in [0.4, 0.5) is 0 Å². The van der Waals surface area contributed by atoms with Gasteiger partial charge in [0.05, 0.1) is 6.07 Å². The molecule has 0 spiro atoms. The van der Waals surface area contributed by atoms with Crippen LogP contribution in [-0.4, -0.2) is 0 Å². The van der Waals surface area contributed by atoms with Crippen LogP contribution >= 0.6 is 0 Å². The summed E-state index contributed by atoms with van der Waals surface area (Å²) >= 11 is 0. The van der Waals surface area contributed by atoms with E-state index in [2.05, 4.69) is 24.8 Å². The molecule has 2 rings (SSSR count). The molecule has 0 bridgehead atoms. The van der Waals surface area contributed by atoms with Crippen LogP contribution in [0.2, 0.25) is 0 Å². The largest absolute Gasteiger partial charge is 0.198 e. The fourth-order valence-corrected chi connectivity index (χ4v) is 2.28. The SMILES string of the molecule is C=C1CC(CC#N)(c2ccccc2)C1. The molecule has 0 radical (unpaired) electrons. The van der Waals surface area contributed by atoms with Crippen molar-refractivity contribution >= 4 is 0 Å². The number of allylic oxidation sites excluding steroid dienone is 1. The minimum Gasteiger partial charge on any atom is -0.198 e. The van der Waals surface area contributed by atoms with E-state index in [1.54, 1.807) is 0 Å². The number of nitrogens with zero attached hydrogens (tertiary/aromatic N) is 1. The second-order valence-corrected chi connectivity index (χ2v) is 4.08. The first kappa shape index (κ1) is 9.02. The van der Waals surface area contributed by atoms with Gasteiger partial charge in [-0.25, -0.2) is 0 Å². The quantitative estimate of drug-likeness (QED) is 0.646. The zero-order valence-electron chi connectivity index (χ0n) is 8.16. The van der Waals surface area contributed by atoms with Gasteiger partial charge in [-0.1, -0.05) is 42.5 Å². The van der Waals surface area contributed by atoms with Crippen LogP contribution in [0.5, 0.6) is 0 Å². The average Bonchev–Trinajstić information content (AvgIpc) is 2.17. The fourth-order valence-electron chi connectivity index (χ4n) is 2.28. The molecule has 70 valence electrons. The molecule has 1 aromatic carbocycles. The molecule has 1 nitrogen and oxygen atoms in total. The molecule has 1 saturated carbocycles. The van der Waals surface area contributed by atoms with E-state index in [0.29, 0.717) is 6.42 Å². The molecule has 14 heavy (non-hydrogen) atoms. The van der Waals surface area contributed by atoms with E-state index in [-0.39, 0.29) is 5.41 Å². The van der Waals surface area contributed by atoms with Gasteiger partial charge in [0.25, 0.3) is 0 Å². The maximum Gasteiger partial charge on any atom is 0.0631 e. The van der Waals surface area contributed by atoms with Crippen LogP contribution in [0.25, 0.3) is 0 Å². The van der Waals surface area contributed by atoms with Crippen LogP contribution in [0, 0.1) is 11.3 Å². The molecular weight excluding hydrogens is 170 g/mol. The van der Waals surface area contributed by atoms with Crippen molar-refractivity contribution in [3.63, 3.8) is 0 Å². The maximum absolute atomic E-state index is 8.83. The van der Waals surface area contributed by atoms with Gasteiger partial charge in [0.1, 0.15) is 0 Å². The van der Waals surface area contributed by atoms with E-state index >= 15 is 0 Å². The van der Waals surface area contributed by atoms with E-state index in [0.717, 1.165) is 12.8 Å². The van der Waals surface area contributed by atoms with Crippen LogP contribution in [-0.2, 0) is 5.41 Å². The first-order valence-corrected chi connectivity index (χ1v) is 4.86. The number of hydrogen-bond donors (Lipinski definition) is 0. The molecule has 1 heteroatoms. The summed E-state index contributed by atoms with van der Waals surface area (Å²) in [6, 6.07) is 12.6. The lowest BCUT2D eigenvalue weighted by molar-refractivity contribution is 0.339. The van der Waals surface area contributed by atoms with Crippen molar-refractivity contribution in [2.45, 2.75) is 24.7 Å². The molecule has 1 aliphatic carbocycles. The molecule has 1 fully saturated rings. The highest BCUT2D eigenvalue weighted by Gasteiger charge is 2.40. The van der Waals surface area contributed by atoms with E-state index < -0.39 is 0 Å². The van der Waals surface area contributed by atoms with Gasteiger partial charge < -0.3 is 0 Å². The summed E-state index contributed by atoms with van der Waals surface area (Å²) < 4.78 is 0. The maximum atomic E-state index is 8.83. The molecular formula is C13H13N. The zero-order valence-corrected chi connectivity index (χ0v) is 8.16. The summed E-state index contributed by atoms with van der Waals surface area (Å²) in [5.41, 5.74) is 2.63. The van der Waals surface area contributed by atoms with E-state index in [1.807, 2.05) is 18.2 Å². The minimum absolute atomic E-state index is 0.0765. The number of rotatable bonds is 2. The lowest BCUT2D eigenvalue weighted by atomic mass is 9.60.